The lowest BCUT2D eigenvalue weighted by Crippen LogP contribution is -2.17. The summed E-state index contributed by atoms with van der Waals surface area (Å²) < 4.78 is 23.0. The normalized spacial score (nSPS) is 40.2. The zero-order chi connectivity index (χ0) is 9.19. The number of hydrogen-bond acceptors (Lipinski definition) is 3. The van der Waals surface area contributed by atoms with E-state index in [1.165, 1.54) is 0 Å². The molecule has 4 nitrogen and oxygen atoms in total. The Hall–Kier alpha value is -0.0200. The van der Waals surface area contributed by atoms with Gasteiger partial charge >= 0.3 is 0 Å². The summed E-state index contributed by atoms with van der Waals surface area (Å²) in [5.74, 6) is 0. The maximum atomic E-state index is 10.6. The Balaban J connectivity index is 2.49. The van der Waals surface area contributed by atoms with Crippen LogP contribution in [0.5, 0.6) is 0 Å². The molecule has 0 amide bonds. The summed E-state index contributed by atoms with van der Waals surface area (Å²) in [5.41, 5.74) is -0.478. The molecule has 0 bridgehead atoms. The highest BCUT2D eigenvalue weighted by Crippen LogP contribution is 2.47. The average Bonchev–Trinajstić information content (AvgIpc) is 2.57. The molecule has 0 aromatic carbocycles. The van der Waals surface area contributed by atoms with E-state index < -0.39 is 5.72 Å². The van der Waals surface area contributed by atoms with Crippen LogP contribution in [0.1, 0.15) is 20.8 Å². The smallest absolute Gasteiger partial charge is 0.254 e. The summed E-state index contributed by atoms with van der Waals surface area (Å²) in [4.78, 5) is 0. The number of nitrogens with zero attached hydrogens (tertiary/aromatic N) is 1. The van der Waals surface area contributed by atoms with Gasteiger partial charge in [0.15, 0.2) is 12.0 Å². The second-order valence-corrected chi connectivity index (χ2v) is 3.32. The predicted octanol–water partition coefficient (Wildman–Crippen LogP) is 1.62. The van der Waals surface area contributed by atoms with E-state index in [1.807, 2.05) is 20.8 Å². The van der Waals surface area contributed by atoms with Crippen molar-refractivity contribution in [1.29, 1.82) is 0 Å². The van der Waals surface area contributed by atoms with Crippen molar-refractivity contribution >= 4 is 8.61 Å². The third-order valence-electron chi connectivity index (χ3n) is 1.92. The minimum Gasteiger partial charge on any atom is -0.358 e. The molecule has 0 saturated carbocycles. The summed E-state index contributed by atoms with van der Waals surface area (Å²) in [7, 11) is -0.0355. The lowest BCUT2D eigenvalue weighted by molar-refractivity contribution is -0.00697. The lowest BCUT2D eigenvalue weighted by atomic mass is 10.4. The first-order valence-electron chi connectivity index (χ1n) is 4.08. The first kappa shape index (κ1) is 10.1. The maximum Gasteiger partial charge on any atom is 0.254 e. The fourth-order valence-electron chi connectivity index (χ4n) is 1.26. The second-order valence-electron chi connectivity index (χ2n) is 2.72. The van der Waals surface area contributed by atoms with Gasteiger partial charge in [-0.1, -0.05) is 0 Å². The molecule has 3 unspecified atom stereocenters. The van der Waals surface area contributed by atoms with Gasteiger partial charge < -0.3 is 9.47 Å². The lowest BCUT2D eigenvalue weighted by Gasteiger charge is -2.07. The van der Waals surface area contributed by atoms with Gasteiger partial charge in [0.05, 0.1) is 0 Å². The van der Waals surface area contributed by atoms with Crippen LogP contribution in [0.15, 0.2) is 0 Å². The van der Waals surface area contributed by atoms with Crippen molar-refractivity contribution in [3.8, 4) is 0 Å². The summed E-state index contributed by atoms with van der Waals surface area (Å²) >= 11 is 0. The highest BCUT2D eigenvalue weighted by atomic mass is 31.1. The second kappa shape index (κ2) is 3.79. The predicted molar refractivity (Wildman–Crippen MR) is 44.9 cm³/mol. The monoisotopic (exact) mass is 191 g/mol. The van der Waals surface area contributed by atoms with Crippen LogP contribution in [0.3, 0.4) is 0 Å². The van der Waals surface area contributed by atoms with Gasteiger partial charge in [0, 0.05) is 13.2 Å². The molecule has 0 radical (unpaired) electrons. The third-order valence-corrected chi connectivity index (χ3v) is 2.70. The fourth-order valence-corrected chi connectivity index (χ4v) is 1.90. The van der Waals surface area contributed by atoms with Gasteiger partial charge in [-0.05, 0) is 20.8 Å². The van der Waals surface area contributed by atoms with Crippen molar-refractivity contribution in [3.63, 3.8) is 0 Å². The van der Waals surface area contributed by atoms with Gasteiger partial charge in [-0.3, -0.25) is 4.57 Å². The van der Waals surface area contributed by atoms with Crippen molar-refractivity contribution in [2.45, 2.75) is 32.7 Å². The van der Waals surface area contributed by atoms with E-state index in [9.17, 15) is 4.57 Å². The molecule has 0 aromatic heterocycles. The fraction of sp³-hybridized carbons (Fsp3) is 1.00. The summed E-state index contributed by atoms with van der Waals surface area (Å²) in [5, 5.41) is 0. The highest BCUT2D eigenvalue weighted by molar-refractivity contribution is 7.21. The van der Waals surface area contributed by atoms with E-state index in [0.717, 1.165) is 0 Å². The third kappa shape index (κ3) is 1.52. The molecule has 1 heterocycles. The SMILES string of the molecule is CCOC1N(P=O)C1(C)OCC. The Morgan fingerprint density at radius 3 is 2.58 bits per heavy atom. The Morgan fingerprint density at radius 1 is 1.50 bits per heavy atom. The Kier molecular flexibility index (Phi) is 3.18. The highest BCUT2D eigenvalue weighted by Gasteiger charge is 2.63. The summed E-state index contributed by atoms with van der Waals surface area (Å²) in [6, 6.07) is 0. The molecule has 1 aliphatic rings. The molecule has 3 atom stereocenters. The Morgan fingerprint density at radius 2 is 2.17 bits per heavy atom. The maximum absolute atomic E-state index is 10.6. The van der Waals surface area contributed by atoms with Crippen molar-refractivity contribution < 1.29 is 14.0 Å². The van der Waals surface area contributed by atoms with Gasteiger partial charge in [-0.15, -0.1) is 0 Å². The molecule has 0 aromatic rings. The molecule has 0 spiro atoms. The largest absolute Gasteiger partial charge is 0.358 e. The van der Waals surface area contributed by atoms with Crippen LogP contribution in [0.4, 0.5) is 0 Å². The van der Waals surface area contributed by atoms with Crippen molar-refractivity contribution in [3.05, 3.63) is 0 Å². The van der Waals surface area contributed by atoms with Gasteiger partial charge in [-0.25, -0.2) is 0 Å². The Bertz CT molecular complexity index is 178. The van der Waals surface area contributed by atoms with Crippen LogP contribution in [0.25, 0.3) is 0 Å². The van der Waals surface area contributed by atoms with Gasteiger partial charge in [-0.2, -0.15) is 4.67 Å². The van der Waals surface area contributed by atoms with Gasteiger partial charge in [0.2, 0.25) is 0 Å². The van der Waals surface area contributed by atoms with E-state index in [0.29, 0.717) is 13.2 Å². The van der Waals surface area contributed by atoms with E-state index in [2.05, 4.69) is 0 Å². The first-order valence-corrected chi connectivity index (χ1v) is 4.85. The number of hydrogen-bond donors (Lipinski definition) is 0. The molecule has 1 aliphatic heterocycles. The van der Waals surface area contributed by atoms with Crippen LogP contribution < -0.4 is 0 Å². The first-order chi connectivity index (χ1) is 5.70. The summed E-state index contributed by atoms with van der Waals surface area (Å²) in [6.45, 7) is 6.91. The van der Waals surface area contributed by atoms with Crippen LogP contribution in [0.2, 0.25) is 0 Å². The zero-order valence-electron chi connectivity index (χ0n) is 7.61. The topological polar surface area (TPSA) is 38.5 Å². The molecule has 12 heavy (non-hydrogen) atoms. The van der Waals surface area contributed by atoms with E-state index in [-0.39, 0.29) is 14.8 Å². The molecule has 1 saturated heterocycles. The van der Waals surface area contributed by atoms with E-state index >= 15 is 0 Å². The molecule has 0 N–H and O–H groups in total. The summed E-state index contributed by atoms with van der Waals surface area (Å²) in [6.07, 6.45) is -0.151. The molecule has 1 fully saturated rings. The quantitative estimate of drug-likeness (QED) is 0.489. The molecule has 0 aliphatic carbocycles. The van der Waals surface area contributed by atoms with E-state index in [1.54, 1.807) is 4.67 Å². The van der Waals surface area contributed by atoms with Crippen LogP contribution in [-0.2, 0) is 14.0 Å². The molecule has 1 rings (SSSR count). The van der Waals surface area contributed by atoms with Crippen LogP contribution >= 0.6 is 8.61 Å². The van der Waals surface area contributed by atoms with Crippen LogP contribution in [0, 0.1) is 0 Å². The molecular weight excluding hydrogens is 177 g/mol. The van der Waals surface area contributed by atoms with Crippen molar-refractivity contribution in [1.82, 2.24) is 4.67 Å². The molecule has 70 valence electrons. The molecule has 5 heteroatoms. The van der Waals surface area contributed by atoms with Gasteiger partial charge in [0.1, 0.15) is 0 Å². The zero-order valence-corrected chi connectivity index (χ0v) is 8.51. The van der Waals surface area contributed by atoms with Crippen molar-refractivity contribution in [2.75, 3.05) is 13.2 Å². The number of rotatable bonds is 5. The minimum absolute atomic E-state index is 0.0355. The molecular formula is C7H14NO3P. The van der Waals surface area contributed by atoms with Gasteiger partial charge in [0.25, 0.3) is 8.61 Å². The number of ether oxygens (including phenoxy) is 2. The average molecular weight is 191 g/mol. The van der Waals surface area contributed by atoms with E-state index in [4.69, 9.17) is 9.47 Å². The Labute approximate surface area is 74.1 Å². The minimum atomic E-state index is -0.478. The standard InChI is InChI=1S/C7H14NO3P/c1-4-10-6-7(3,11-5-2)8(6)12-9/h6H,4-5H2,1-3H3. The van der Waals surface area contributed by atoms with Crippen LogP contribution in [-0.4, -0.2) is 29.8 Å². The van der Waals surface area contributed by atoms with Crippen molar-refractivity contribution in [2.24, 2.45) is 0 Å².